The van der Waals surface area contributed by atoms with E-state index in [0.717, 1.165) is 6.42 Å². The zero-order chi connectivity index (χ0) is 15.7. The quantitative estimate of drug-likeness (QED) is 0.711. The zero-order valence-electron chi connectivity index (χ0n) is 13.2. The van der Waals surface area contributed by atoms with Gasteiger partial charge in [-0.15, -0.1) is 0 Å². The molecule has 0 aliphatic carbocycles. The van der Waals surface area contributed by atoms with Crippen LogP contribution in [0.2, 0.25) is 0 Å². The molecule has 0 heterocycles. The highest BCUT2D eigenvalue weighted by molar-refractivity contribution is 5.80. The van der Waals surface area contributed by atoms with Gasteiger partial charge in [-0.2, -0.15) is 0 Å². The monoisotopic (exact) mass is 295 g/mol. The van der Waals surface area contributed by atoms with Crippen molar-refractivity contribution in [3.63, 3.8) is 0 Å². The summed E-state index contributed by atoms with van der Waals surface area (Å²) in [6, 6.07) is 7.19. The number of carbonyl (C=O) groups is 1. The highest BCUT2D eigenvalue weighted by Gasteiger charge is 2.14. The molecule has 118 valence electrons. The van der Waals surface area contributed by atoms with E-state index in [4.69, 9.17) is 14.2 Å². The van der Waals surface area contributed by atoms with Crippen LogP contribution >= 0.6 is 0 Å². The van der Waals surface area contributed by atoms with Crippen LogP contribution in [0.25, 0.3) is 0 Å². The fourth-order valence-electron chi connectivity index (χ4n) is 1.68. The van der Waals surface area contributed by atoms with E-state index in [0.29, 0.717) is 24.7 Å². The van der Waals surface area contributed by atoms with E-state index in [-0.39, 0.29) is 12.0 Å². The minimum absolute atomic E-state index is 0.137. The number of methoxy groups -OCH3 is 1. The topological polar surface area (TPSA) is 56.8 Å². The summed E-state index contributed by atoms with van der Waals surface area (Å²) >= 11 is 0. The normalized spacial score (nSPS) is 12.0. The van der Waals surface area contributed by atoms with Gasteiger partial charge in [-0.1, -0.05) is 6.07 Å². The van der Waals surface area contributed by atoms with Crippen molar-refractivity contribution < 1.29 is 19.0 Å². The minimum Gasteiger partial charge on any atom is -0.497 e. The maximum absolute atomic E-state index is 11.9. The van der Waals surface area contributed by atoms with E-state index in [1.165, 1.54) is 0 Å². The molecule has 0 saturated carbocycles. The van der Waals surface area contributed by atoms with Gasteiger partial charge in [0.2, 0.25) is 0 Å². The number of nitrogens with one attached hydrogen (secondary N) is 1. The van der Waals surface area contributed by atoms with E-state index in [2.05, 4.69) is 5.32 Å². The third kappa shape index (κ3) is 6.99. The van der Waals surface area contributed by atoms with Crippen LogP contribution in [0.5, 0.6) is 11.5 Å². The van der Waals surface area contributed by atoms with Crippen molar-refractivity contribution in [1.29, 1.82) is 0 Å². The van der Waals surface area contributed by atoms with Crippen molar-refractivity contribution in [2.24, 2.45) is 0 Å². The van der Waals surface area contributed by atoms with Gasteiger partial charge in [-0.3, -0.25) is 4.79 Å². The molecule has 0 aromatic heterocycles. The average molecular weight is 295 g/mol. The minimum atomic E-state index is -0.553. The fourth-order valence-corrected chi connectivity index (χ4v) is 1.68. The first-order valence-electron chi connectivity index (χ1n) is 7.23. The van der Waals surface area contributed by atoms with Gasteiger partial charge in [-0.25, -0.2) is 0 Å². The Balaban J connectivity index is 2.30. The maximum Gasteiger partial charge on any atom is 0.260 e. The van der Waals surface area contributed by atoms with Crippen LogP contribution in [-0.4, -0.2) is 38.4 Å². The highest BCUT2D eigenvalue weighted by atomic mass is 16.5. The Morgan fingerprint density at radius 3 is 2.62 bits per heavy atom. The van der Waals surface area contributed by atoms with Crippen molar-refractivity contribution >= 4 is 5.91 Å². The lowest BCUT2D eigenvalue weighted by atomic mass is 10.3. The van der Waals surface area contributed by atoms with Crippen LogP contribution in [0.1, 0.15) is 27.2 Å². The molecule has 1 N–H and O–H groups in total. The van der Waals surface area contributed by atoms with Gasteiger partial charge in [0.1, 0.15) is 11.5 Å². The van der Waals surface area contributed by atoms with Crippen LogP contribution in [-0.2, 0) is 9.53 Å². The van der Waals surface area contributed by atoms with Crippen molar-refractivity contribution in [3.8, 4) is 11.5 Å². The summed E-state index contributed by atoms with van der Waals surface area (Å²) in [6.45, 7) is 6.92. The molecule has 1 amide bonds. The van der Waals surface area contributed by atoms with E-state index in [1.807, 2.05) is 26.0 Å². The molecule has 1 atom stereocenters. The van der Waals surface area contributed by atoms with Gasteiger partial charge in [0, 0.05) is 19.2 Å². The second-order valence-corrected chi connectivity index (χ2v) is 5.00. The van der Waals surface area contributed by atoms with Crippen LogP contribution in [0.15, 0.2) is 24.3 Å². The summed E-state index contributed by atoms with van der Waals surface area (Å²) in [5.74, 6) is 1.17. The number of ether oxygens (including phenoxy) is 3. The van der Waals surface area contributed by atoms with Crippen molar-refractivity contribution in [3.05, 3.63) is 24.3 Å². The first-order chi connectivity index (χ1) is 10.0. The van der Waals surface area contributed by atoms with Gasteiger partial charge in [-0.05, 0) is 39.3 Å². The van der Waals surface area contributed by atoms with Crippen LogP contribution in [0.4, 0.5) is 0 Å². The van der Waals surface area contributed by atoms with Gasteiger partial charge in [0.15, 0.2) is 6.10 Å². The fraction of sp³-hybridized carbons (Fsp3) is 0.562. The number of amides is 1. The summed E-state index contributed by atoms with van der Waals surface area (Å²) in [4.78, 5) is 11.9. The third-order valence-corrected chi connectivity index (χ3v) is 2.79. The Bertz CT molecular complexity index is 434. The largest absolute Gasteiger partial charge is 0.497 e. The predicted molar refractivity (Wildman–Crippen MR) is 81.8 cm³/mol. The molecule has 0 fully saturated rings. The van der Waals surface area contributed by atoms with Gasteiger partial charge < -0.3 is 19.5 Å². The molecule has 1 aromatic carbocycles. The summed E-state index contributed by atoms with van der Waals surface area (Å²) < 4.78 is 16.1. The molecule has 21 heavy (non-hydrogen) atoms. The van der Waals surface area contributed by atoms with E-state index in [9.17, 15) is 4.79 Å². The number of hydrogen-bond acceptors (Lipinski definition) is 4. The second kappa shape index (κ2) is 9.23. The van der Waals surface area contributed by atoms with E-state index in [1.54, 1.807) is 26.2 Å². The van der Waals surface area contributed by atoms with Gasteiger partial charge in [0.05, 0.1) is 13.2 Å². The molecule has 0 bridgehead atoms. The summed E-state index contributed by atoms with van der Waals surface area (Å²) in [5.41, 5.74) is 0. The maximum atomic E-state index is 11.9. The molecule has 0 aliphatic rings. The lowest BCUT2D eigenvalue weighted by molar-refractivity contribution is -0.127. The van der Waals surface area contributed by atoms with Crippen LogP contribution in [0, 0.1) is 0 Å². The standard InChI is InChI=1S/C16H25NO4/c1-12(2)20-10-6-9-17-16(18)13(3)21-15-8-5-7-14(11-15)19-4/h5,7-8,11-13H,6,9-10H2,1-4H3,(H,17,18)/t13-/m0/s1. The highest BCUT2D eigenvalue weighted by Crippen LogP contribution is 2.19. The predicted octanol–water partition coefficient (Wildman–Crippen LogP) is 2.39. The molecule has 1 rings (SSSR count). The molecular weight excluding hydrogens is 270 g/mol. The Morgan fingerprint density at radius 1 is 1.24 bits per heavy atom. The van der Waals surface area contributed by atoms with E-state index < -0.39 is 6.10 Å². The van der Waals surface area contributed by atoms with Gasteiger partial charge in [0.25, 0.3) is 5.91 Å². The van der Waals surface area contributed by atoms with Crippen LogP contribution in [0.3, 0.4) is 0 Å². The van der Waals surface area contributed by atoms with Crippen molar-refractivity contribution in [2.45, 2.75) is 39.4 Å². The number of carbonyl (C=O) groups excluding carboxylic acids is 1. The van der Waals surface area contributed by atoms with Crippen molar-refractivity contribution in [2.75, 3.05) is 20.3 Å². The lowest BCUT2D eigenvalue weighted by Gasteiger charge is -2.15. The lowest BCUT2D eigenvalue weighted by Crippen LogP contribution is -2.37. The second-order valence-electron chi connectivity index (χ2n) is 5.00. The van der Waals surface area contributed by atoms with Crippen LogP contribution < -0.4 is 14.8 Å². The first kappa shape index (κ1) is 17.3. The Hall–Kier alpha value is -1.75. The number of benzene rings is 1. The number of hydrogen-bond donors (Lipinski definition) is 1. The molecule has 5 nitrogen and oxygen atoms in total. The molecule has 0 saturated heterocycles. The van der Waals surface area contributed by atoms with Gasteiger partial charge >= 0.3 is 0 Å². The summed E-state index contributed by atoms with van der Waals surface area (Å²) in [6.07, 6.45) is 0.453. The summed E-state index contributed by atoms with van der Waals surface area (Å²) in [5, 5.41) is 2.83. The zero-order valence-corrected chi connectivity index (χ0v) is 13.2. The molecule has 0 spiro atoms. The molecule has 0 radical (unpaired) electrons. The molecule has 0 unspecified atom stereocenters. The molecule has 1 aromatic rings. The number of rotatable bonds is 9. The Morgan fingerprint density at radius 2 is 1.95 bits per heavy atom. The molecule has 5 heteroatoms. The SMILES string of the molecule is COc1cccc(O[C@@H](C)C(=O)NCCCOC(C)C)c1. The summed E-state index contributed by atoms with van der Waals surface area (Å²) in [7, 11) is 1.59. The first-order valence-corrected chi connectivity index (χ1v) is 7.23. The Labute approximate surface area is 126 Å². The molecule has 0 aliphatic heterocycles. The van der Waals surface area contributed by atoms with Crippen molar-refractivity contribution in [1.82, 2.24) is 5.32 Å². The van der Waals surface area contributed by atoms with E-state index >= 15 is 0 Å². The Kier molecular flexibility index (Phi) is 7.61. The third-order valence-electron chi connectivity index (χ3n) is 2.79. The molecular formula is C16H25NO4. The smallest absolute Gasteiger partial charge is 0.260 e. The average Bonchev–Trinajstić information content (AvgIpc) is 2.46.